The largest absolute Gasteiger partial charge is 0.488 e. The Hall–Kier alpha value is -2.14. The molecule has 0 fully saturated rings. The van der Waals surface area contributed by atoms with Crippen LogP contribution in [0.3, 0.4) is 0 Å². The minimum absolute atomic E-state index is 0.0833. The van der Waals surface area contributed by atoms with Gasteiger partial charge in [-0.2, -0.15) is 0 Å². The minimum Gasteiger partial charge on any atom is -0.488 e. The SMILES string of the molecule is ON=Cc1cc(Cl)ccc1OCc1ccc(F)cc1F. The number of hydrogen-bond donors (Lipinski definition) is 1. The van der Waals surface area contributed by atoms with E-state index in [9.17, 15) is 8.78 Å². The summed E-state index contributed by atoms with van der Waals surface area (Å²) in [6, 6.07) is 7.95. The van der Waals surface area contributed by atoms with E-state index >= 15 is 0 Å². The molecule has 104 valence electrons. The summed E-state index contributed by atoms with van der Waals surface area (Å²) in [6.45, 7) is -0.0833. The highest BCUT2D eigenvalue weighted by Gasteiger charge is 2.07. The third kappa shape index (κ3) is 3.45. The summed E-state index contributed by atoms with van der Waals surface area (Å²) in [5.41, 5.74) is 0.663. The van der Waals surface area contributed by atoms with Crippen LogP contribution in [0.15, 0.2) is 41.6 Å². The summed E-state index contributed by atoms with van der Waals surface area (Å²) in [7, 11) is 0. The molecule has 1 N–H and O–H groups in total. The number of ether oxygens (including phenoxy) is 1. The first-order valence-corrected chi connectivity index (χ1v) is 6.01. The van der Waals surface area contributed by atoms with Crippen molar-refractivity contribution in [2.75, 3.05) is 0 Å². The molecular weight excluding hydrogens is 288 g/mol. The van der Waals surface area contributed by atoms with E-state index in [1.807, 2.05) is 0 Å². The van der Waals surface area contributed by atoms with Gasteiger partial charge in [0.15, 0.2) is 0 Å². The van der Waals surface area contributed by atoms with Crippen LogP contribution in [-0.2, 0) is 6.61 Å². The first-order valence-electron chi connectivity index (χ1n) is 5.64. The molecule has 0 aliphatic heterocycles. The summed E-state index contributed by atoms with van der Waals surface area (Å²) in [4.78, 5) is 0. The molecule has 2 aromatic rings. The molecule has 0 bridgehead atoms. The van der Waals surface area contributed by atoms with Crippen molar-refractivity contribution in [3.63, 3.8) is 0 Å². The van der Waals surface area contributed by atoms with Gasteiger partial charge in [-0.05, 0) is 30.3 Å². The number of rotatable bonds is 4. The fourth-order valence-corrected chi connectivity index (χ4v) is 1.79. The highest BCUT2D eigenvalue weighted by Crippen LogP contribution is 2.23. The van der Waals surface area contributed by atoms with E-state index in [1.54, 1.807) is 12.1 Å². The Morgan fingerprint density at radius 3 is 2.70 bits per heavy atom. The summed E-state index contributed by atoms with van der Waals surface area (Å²) >= 11 is 5.81. The molecule has 0 saturated carbocycles. The molecule has 0 spiro atoms. The number of halogens is 3. The van der Waals surface area contributed by atoms with Gasteiger partial charge in [-0.25, -0.2) is 8.78 Å². The summed E-state index contributed by atoms with van der Waals surface area (Å²) in [5.74, 6) is -0.960. The zero-order valence-electron chi connectivity index (χ0n) is 10.2. The van der Waals surface area contributed by atoms with Gasteiger partial charge < -0.3 is 9.94 Å². The second-order valence-corrected chi connectivity index (χ2v) is 4.39. The maximum atomic E-state index is 13.5. The number of hydrogen-bond acceptors (Lipinski definition) is 3. The molecule has 6 heteroatoms. The lowest BCUT2D eigenvalue weighted by Gasteiger charge is -2.10. The van der Waals surface area contributed by atoms with Gasteiger partial charge >= 0.3 is 0 Å². The Morgan fingerprint density at radius 2 is 2.00 bits per heavy atom. The number of nitrogens with zero attached hydrogens (tertiary/aromatic N) is 1. The van der Waals surface area contributed by atoms with Gasteiger partial charge in [-0.3, -0.25) is 0 Å². The van der Waals surface area contributed by atoms with E-state index in [1.165, 1.54) is 12.1 Å². The van der Waals surface area contributed by atoms with Crippen LogP contribution in [0.5, 0.6) is 5.75 Å². The van der Waals surface area contributed by atoms with Crippen molar-refractivity contribution >= 4 is 17.8 Å². The Balaban J connectivity index is 2.18. The zero-order valence-corrected chi connectivity index (χ0v) is 10.9. The summed E-state index contributed by atoms with van der Waals surface area (Å²) < 4.78 is 31.7. The number of benzene rings is 2. The predicted octanol–water partition coefficient (Wildman–Crippen LogP) is 4.01. The van der Waals surface area contributed by atoms with Crippen molar-refractivity contribution in [2.45, 2.75) is 6.61 Å². The van der Waals surface area contributed by atoms with Crippen LogP contribution in [0, 0.1) is 11.6 Å². The van der Waals surface area contributed by atoms with Gasteiger partial charge in [0.2, 0.25) is 0 Å². The second kappa shape index (κ2) is 6.34. The fourth-order valence-electron chi connectivity index (χ4n) is 1.61. The lowest BCUT2D eigenvalue weighted by Crippen LogP contribution is -2.01. The zero-order chi connectivity index (χ0) is 14.5. The molecule has 0 aliphatic rings. The normalized spacial score (nSPS) is 10.9. The van der Waals surface area contributed by atoms with E-state index in [4.69, 9.17) is 21.5 Å². The highest BCUT2D eigenvalue weighted by molar-refractivity contribution is 6.30. The van der Waals surface area contributed by atoms with Crippen LogP contribution in [0.25, 0.3) is 0 Å². The van der Waals surface area contributed by atoms with Crippen molar-refractivity contribution in [3.8, 4) is 5.75 Å². The van der Waals surface area contributed by atoms with E-state index in [-0.39, 0.29) is 12.2 Å². The molecule has 0 radical (unpaired) electrons. The molecule has 0 aliphatic carbocycles. The smallest absolute Gasteiger partial charge is 0.132 e. The maximum absolute atomic E-state index is 13.5. The first-order chi connectivity index (χ1) is 9.60. The van der Waals surface area contributed by atoms with Crippen LogP contribution >= 0.6 is 11.6 Å². The standard InChI is InChI=1S/C14H10ClF2NO2/c15-11-2-4-14(10(5-11)7-18-19)20-8-9-1-3-12(16)6-13(9)17/h1-7,19H,8H2. The molecule has 0 unspecified atom stereocenters. The summed E-state index contributed by atoms with van der Waals surface area (Å²) in [6.07, 6.45) is 1.15. The predicted molar refractivity (Wildman–Crippen MR) is 71.5 cm³/mol. The van der Waals surface area contributed by atoms with Gasteiger partial charge in [0, 0.05) is 22.2 Å². The van der Waals surface area contributed by atoms with Crippen LogP contribution in [-0.4, -0.2) is 11.4 Å². The average Bonchev–Trinajstić information content (AvgIpc) is 2.40. The maximum Gasteiger partial charge on any atom is 0.132 e. The Kier molecular flexibility index (Phi) is 4.53. The molecule has 0 atom stereocenters. The Labute approximate surface area is 119 Å². The first kappa shape index (κ1) is 14.3. The van der Waals surface area contributed by atoms with Gasteiger partial charge in [-0.15, -0.1) is 0 Å². The molecule has 3 nitrogen and oxygen atoms in total. The van der Waals surface area contributed by atoms with E-state index in [2.05, 4.69) is 5.16 Å². The van der Waals surface area contributed by atoms with Crippen molar-refractivity contribution in [1.82, 2.24) is 0 Å². The average molecular weight is 298 g/mol. The Bertz CT molecular complexity index is 647. The summed E-state index contributed by atoms with van der Waals surface area (Å²) in [5, 5.41) is 11.9. The van der Waals surface area contributed by atoms with Crippen LogP contribution in [0.1, 0.15) is 11.1 Å². The van der Waals surface area contributed by atoms with E-state index in [0.717, 1.165) is 18.3 Å². The van der Waals surface area contributed by atoms with Gasteiger partial charge in [-0.1, -0.05) is 16.8 Å². The quantitative estimate of drug-likeness (QED) is 0.526. The highest BCUT2D eigenvalue weighted by atomic mass is 35.5. The Morgan fingerprint density at radius 1 is 1.20 bits per heavy atom. The van der Waals surface area contributed by atoms with Crippen LogP contribution in [0.4, 0.5) is 8.78 Å². The van der Waals surface area contributed by atoms with Gasteiger partial charge in [0.1, 0.15) is 24.0 Å². The molecule has 0 amide bonds. The van der Waals surface area contributed by atoms with Crippen molar-refractivity contribution in [2.24, 2.45) is 5.16 Å². The molecular formula is C14H10ClF2NO2. The molecule has 20 heavy (non-hydrogen) atoms. The monoisotopic (exact) mass is 297 g/mol. The second-order valence-electron chi connectivity index (χ2n) is 3.95. The van der Waals surface area contributed by atoms with Crippen LogP contribution in [0.2, 0.25) is 5.02 Å². The lowest BCUT2D eigenvalue weighted by atomic mass is 10.2. The van der Waals surface area contributed by atoms with Crippen LogP contribution < -0.4 is 4.74 Å². The number of oxime groups is 1. The minimum atomic E-state index is -0.684. The molecule has 2 aromatic carbocycles. The van der Waals surface area contributed by atoms with E-state index < -0.39 is 11.6 Å². The molecule has 0 heterocycles. The fraction of sp³-hybridized carbons (Fsp3) is 0.0714. The topological polar surface area (TPSA) is 41.8 Å². The van der Waals surface area contributed by atoms with E-state index in [0.29, 0.717) is 16.3 Å². The van der Waals surface area contributed by atoms with Crippen molar-refractivity contribution < 1.29 is 18.7 Å². The third-order valence-corrected chi connectivity index (χ3v) is 2.80. The molecule has 2 rings (SSSR count). The third-order valence-electron chi connectivity index (χ3n) is 2.57. The lowest BCUT2D eigenvalue weighted by molar-refractivity contribution is 0.298. The molecule has 0 aromatic heterocycles. The van der Waals surface area contributed by atoms with Crippen molar-refractivity contribution in [3.05, 3.63) is 64.2 Å². The van der Waals surface area contributed by atoms with Crippen molar-refractivity contribution in [1.29, 1.82) is 0 Å². The molecule has 0 saturated heterocycles. The van der Waals surface area contributed by atoms with Gasteiger partial charge in [0.25, 0.3) is 0 Å². The van der Waals surface area contributed by atoms with Gasteiger partial charge in [0.05, 0.1) is 6.21 Å².